The molecule has 0 bridgehead atoms. The molecule has 0 spiro atoms. The molecular formula is C13H15BrClNO2. The van der Waals surface area contributed by atoms with Crippen LogP contribution in [0.5, 0.6) is 0 Å². The summed E-state index contributed by atoms with van der Waals surface area (Å²) in [4.78, 5) is 11.7. The Morgan fingerprint density at radius 1 is 1.56 bits per heavy atom. The number of rotatable bonds is 6. The minimum Gasteiger partial charge on any atom is -0.375 e. The van der Waals surface area contributed by atoms with Crippen LogP contribution in [0.2, 0.25) is 5.02 Å². The van der Waals surface area contributed by atoms with Crippen molar-refractivity contribution in [3.05, 3.63) is 45.4 Å². The Kier molecular flexibility index (Phi) is 6.39. The number of carbonyl (C=O) groups excluding carboxylic acids is 1. The third-order valence-electron chi connectivity index (χ3n) is 2.06. The Morgan fingerprint density at radius 2 is 2.28 bits per heavy atom. The maximum atomic E-state index is 11.7. The van der Waals surface area contributed by atoms with E-state index in [4.69, 9.17) is 16.3 Å². The van der Waals surface area contributed by atoms with E-state index in [0.29, 0.717) is 30.3 Å². The fourth-order valence-corrected chi connectivity index (χ4v) is 1.65. The van der Waals surface area contributed by atoms with Gasteiger partial charge in [0.1, 0.15) is 0 Å². The van der Waals surface area contributed by atoms with Gasteiger partial charge in [-0.05, 0) is 41.1 Å². The minimum absolute atomic E-state index is 0.164. The number of ether oxygens (including phenoxy) is 1. The average molecular weight is 333 g/mol. The predicted molar refractivity (Wildman–Crippen MR) is 77.1 cm³/mol. The van der Waals surface area contributed by atoms with Crippen LogP contribution in [0.4, 0.5) is 0 Å². The molecule has 3 nitrogen and oxygen atoms in total. The van der Waals surface area contributed by atoms with Crippen molar-refractivity contribution < 1.29 is 9.53 Å². The highest BCUT2D eigenvalue weighted by molar-refractivity contribution is 9.10. The second-order valence-electron chi connectivity index (χ2n) is 3.89. The molecule has 1 amide bonds. The topological polar surface area (TPSA) is 38.3 Å². The first-order valence-corrected chi connectivity index (χ1v) is 6.63. The molecule has 0 fully saturated rings. The van der Waals surface area contributed by atoms with E-state index < -0.39 is 0 Å². The highest BCUT2D eigenvalue weighted by Gasteiger charge is 2.06. The molecule has 5 heteroatoms. The van der Waals surface area contributed by atoms with Gasteiger partial charge in [-0.2, -0.15) is 0 Å². The molecule has 0 heterocycles. The lowest BCUT2D eigenvalue weighted by atomic mass is 10.2. The molecule has 0 saturated carbocycles. The lowest BCUT2D eigenvalue weighted by Crippen LogP contribution is -2.27. The lowest BCUT2D eigenvalue weighted by molar-refractivity contribution is 0.0927. The molecule has 1 aromatic carbocycles. The predicted octanol–water partition coefficient (Wildman–Crippen LogP) is 3.43. The maximum absolute atomic E-state index is 11.7. The first-order valence-electron chi connectivity index (χ1n) is 5.46. The smallest absolute Gasteiger partial charge is 0.251 e. The van der Waals surface area contributed by atoms with E-state index in [0.717, 1.165) is 10.0 Å². The van der Waals surface area contributed by atoms with Crippen molar-refractivity contribution in [1.29, 1.82) is 0 Å². The van der Waals surface area contributed by atoms with Crippen molar-refractivity contribution in [1.82, 2.24) is 5.32 Å². The van der Waals surface area contributed by atoms with E-state index in [9.17, 15) is 4.79 Å². The monoisotopic (exact) mass is 331 g/mol. The molecule has 0 atom stereocenters. The SMILES string of the molecule is C=C(C)COCCNC(=O)c1ccc(Br)c(Cl)c1. The average Bonchev–Trinajstić information content (AvgIpc) is 2.31. The van der Waals surface area contributed by atoms with Gasteiger partial charge in [0.2, 0.25) is 0 Å². The molecule has 0 saturated heterocycles. The van der Waals surface area contributed by atoms with E-state index in [2.05, 4.69) is 27.8 Å². The third kappa shape index (κ3) is 5.21. The van der Waals surface area contributed by atoms with Gasteiger partial charge in [-0.3, -0.25) is 4.79 Å². The molecule has 1 rings (SSSR count). The van der Waals surface area contributed by atoms with Crippen molar-refractivity contribution in [3.8, 4) is 0 Å². The zero-order chi connectivity index (χ0) is 13.5. The maximum Gasteiger partial charge on any atom is 0.251 e. The Hall–Kier alpha value is -0.840. The van der Waals surface area contributed by atoms with Crippen LogP contribution in [-0.2, 0) is 4.74 Å². The molecule has 0 radical (unpaired) electrons. The van der Waals surface area contributed by atoms with Gasteiger partial charge in [-0.1, -0.05) is 23.8 Å². The van der Waals surface area contributed by atoms with Crippen LogP contribution in [0, 0.1) is 0 Å². The van der Waals surface area contributed by atoms with Crippen LogP contribution < -0.4 is 5.32 Å². The van der Waals surface area contributed by atoms with Crippen LogP contribution >= 0.6 is 27.5 Å². The molecule has 18 heavy (non-hydrogen) atoms. The third-order valence-corrected chi connectivity index (χ3v) is 3.29. The highest BCUT2D eigenvalue weighted by atomic mass is 79.9. The summed E-state index contributed by atoms with van der Waals surface area (Å²) >= 11 is 9.19. The molecule has 1 N–H and O–H groups in total. The normalized spacial score (nSPS) is 10.2. The van der Waals surface area contributed by atoms with E-state index in [1.807, 2.05) is 6.92 Å². The van der Waals surface area contributed by atoms with Gasteiger partial charge in [0.15, 0.2) is 0 Å². The van der Waals surface area contributed by atoms with Gasteiger partial charge in [-0.15, -0.1) is 0 Å². The largest absolute Gasteiger partial charge is 0.375 e. The number of hydrogen-bond acceptors (Lipinski definition) is 2. The molecule has 1 aromatic rings. The van der Waals surface area contributed by atoms with Gasteiger partial charge in [0.05, 0.1) is 18.2 Å². The number of carbonyl (C=O) groups is 1. The number of amides is 1. The van der Waals surface area contributed by atoms with Gasteiger partial charge in [0, 0.05) is 16.6 Å². The molecule has 0 aliphatic carbocycles. The van der Waals surface area contributed by atoms with Crippen molar-refractivity contribution in [2.45, 2.75) is 6.92 Å². The molecule has 0 unspecified atom stereocenters. The molecule has 0 aromatic heterocycles. The summed E-state index contributed by atoms with van der Waals surface area (Å²) in [5.41, 5.74) is 1.49. The number of halogens is 2. The van der Waals surface area contributed by atoms with Crippen LogP contribution in [0.15, 0.2) is 34.8 Å². The van der Waals surface area contributed by atoms with Crippen molar-refractivity contribution in [2.75, 3.05) is 19.8 Å². The van der Waals surface area contributed by atoms with Crippen molar-refractivity contribution >= 4 is 33.4 Å². The Bertz CT molecular complexity index is 449. The van der Waals surface area contributed by atoms with Gasteiger partial charge < -0.3 is 10.1 Å². The Balaban J connectivity index is 2.36. The van der Waals surface area contributed by atoms with Crippen LogP contribution in [0.1, 0.15) is 17.3 Å². The minimum atomic E-state index is -0.164. The Labute approximate surface area is 120 Å². The fourth-order valence-electron chi connectivity index (χ4n) is 1.22. The van der Waals surface area contributed by atoms with E-state index in [-0.39, 0.29) is 5.91 Å². The van der Waals surface area contributed by atoms with Gasteiger partial charge in [0.25, 0.3) is 5.91 Å². The fraction of sp³-hybridized carbons (Fsp3) is 0.308. The van der Waals surface area contributed by atoms with Gasteiger partial charge >= 0.3 is 0 Å². The zero-order valence-electron chi connectivity index (χ0n) is 10.1. The first kappa shape index (κ1) is 15.2. The standard InChI is InChI=1S/C13H15BrClNO2/c1-9(2)8-18-6-5-16-13(17)10-3-4-11(14)12(15)7-10/h3-4,7H,1,5-6,8H2,2H3,(H,16,17). The van der Waals surface area contributed by atoms with Gasteiger partial charge in [-0.25, -0.2) is 0 Å². The first-order chi connectivity index (χ1) is 8.50. The number of nitrogens with one attached hydrogen (secondary N) is 1. The molecule has 98 valence electrons. The second-order valence-corrected chi connectivity index (χ2v) is 5.16. The molecule has 0 aliphatic heterocycles. The summed E-state index contributed by atoms with van der Waals surface area (Å²) in [5, 5.41) is 3.27. The van der Waals surface area contributed by atoms with Crippen molar-refractivity contribution in [3.63, 3.8) is 0 Å². The lowest BCUT2D eigenvalue weighted by Gasteiger charge is -2.07. The van der Waals surface area contributed by atoms with E-state index in [1.54, 1.807) is 18.2 Å². The van der Waals surface area contributed by atoms with Crippen LogP contribution in [0.25, 0.3) is 0 Å². The zero-order valence-corrected chi connectivity index (χ0v) is 12.5. The van der Waals surface area contributed by atoms with Crippen molar-refractivity contribution in [2.24, 2.45) is 0 Å². The number of hydrogen-bond donors (Lipinski definition) is 1. The Morgan fingerprint density at radius 3 is 2.89 bits per heavy atom. The van der Waals surface area contributed by atoms with Crippen LogP contribution in [-0.4, -0.2) is 25.7 Å². The molecular weight excluding hydrogens is 318 g/mol. The van der Waals surface area contributed by atoms with Crippen LogP contribution in [0.3, 0.4) is 0 Å². The van der Waals surface area contributed by atoms with E-state index in [1.165, 1.54) is 0 Å². The summed E-state index contributed by atoms with van der Waals surface area (Å²) in [5.74, 6) is -0.164. The molecule has 0 aliphatic rings. The summed E-state index contributed by atoms with van der Waals surface area (Å²) in [6, 6.07) is 5.07. The summed E-state index contributed by atoms with van der Waals surface area (Å²) in [6.07, 6.45) is 0. The summed E-state index contributed by atoms with van der Waals surface area (Å²) in [7, 11) is 0. The summed E-state index contributed by atoms with van der Waals surface area (Å²) in [6.45, 7) is 7.05. The summed E-state index contributed by atoms with van der Waals surface area (Å²) < 4.78 is 6.05. The van der Waals surface area contributed by atoms with E-state index >= 15 is 0 Å². The quantitative estimate of drug-likeness (QED) is 0.640. The second kappa shape index (κ2) is 7.56. The number of benzene rings is 1. The highest BCUT2D eigenvalue weighted by Crippen LogP contribution is 2.22.